The summed E-state index contributed by atoms with van der Waals surface area (Å²) in [5.41, 5.74) is -0.187. The molecule has 0 N–H and O–H groups in total. The van der Waals surface area contributed by atoms with Crippen LogP contribution in [0.3, 0.4) is 0 Å². The molecule has 1 aromatic carbocycles. The van der Waals surface area contributed by atoms with E-state index in [2.05, 4.69) is 9.47 Å². The monoisotopic (exact) mass is 267 g/mol. The van der Waals surface area contributed by atoms with Gasteiger partial charge in [-0.05, 0) is 18.2 Å². The molecule has 0 bridgehead atoms. The normalized spacial score (nSPS) is 11.2. The molecule has 3 nitrogen and oxygen atoms in total. The van der Waals surface area contributed by atoms with Crippen LogP contribution in [-0.4, -0.2) is 13.0 Å². The van der Waals surface area contributed by atoms with E-state index in [1.165, 1.54) is 0 Å². The number of rotatable bonds is 4. The largest absolute Gasteiger partial charge is 0.573 e. The summed E-state index contributed by atoms with van der Waals surface area (Å²) < 4.78 is 67.5. The number of benzene rings is 1. The molecule has 0 aromatic heterocycles. The predicted octanol–water partition coefficient (Wildman–Crippen LogP) is 3.25. The topological polar surface area (TPSA) is 42.2 Å². The highest BCUT2D eigenvalue weighted by Crippen LogP contribution is 2.30. The lowest BCUT2D eigenvalue weighted by Crippen LogP contribution is -2.18. The van der Waals surface area contributed by atoms with E-state index in [0.29, 0.717) is 0 Å². The zero-order valence-corrected chi connectivity index (χ0v) is 8.67. The molecule has 0 heterocycles. The molecule has 0 amide bonds. The van der Waals surface area contributed by atoms with Crippen LogP contribution in [0.4, 0.5) is 22.0 Å². The molecule has 1 rings (SSSR count). The van der Waals surface area contributed by atoms with Gasteiger partial charge in [0.25, 0.3) is 0 Å². The number of halogens is 5. The van der Waals surface area contributed by atoms with E-state index in [0.717, 1.165) is 18.2 Å². The number of nitrogens with zero attached hydrogens (tertiary/aromatic N) is 1. The lowest BCUT2D eigenvalue weighted by atomic mass is 10.1. The predicted molar refractivity (Wildman–Crippen MR) is 49.1 cm³/mol. The van der Waals surface area contributed by atoms with Crippen molar-refractivity contribution in [3.05, 3.63) is 23.8 Å². The fourth-order valence-corrected chi connectivity index (χ4v) is 1.18. The molecule has 0 radical (unpaired) electrons. The van der Waals surface area contributed by atoms with Gasteiger partial charge in [0, 0.05) is 5.56 Å². The summed E-state index contributed by atoms with van der Waals surface area (Å²) in [5, 5.41) is 8.44. The molecule has 0 saturated carbocycles. The summed E-state index contributed by atoms with van der Waals surface area (Å²) >= 11 is 0. The van der Waals surface area contributed by atoms with Crippen molar-refractivity contribution in [2.24, 2.45) is 0 Å². The van der Waals surface area contributed by atoms with Crippen LogP contribution >= 0.6 is 0 Å². The van der Waals surface area contributed by atoms with Gasteiger partial charge in [-0.25, -0.2) is 0 Å². The van der Waals surface area contributed by atoms with Gasteiger partial charge in [0.05, 0.1) is 12.5 Å². The molecule has 0 saturated heterocycles. The number of alkyl halides is 5. The maximum absolute atomic E-state index is 12.0. The first kappa shape index (κ1) is 14.0. The zero-order valence-electron chi connectivity index (χ0n) is 8.67. The Labute approximate surface area is 98.3 Å². The highest BCUT2D eigenvalue weighted by molar-refractivity contribution is 5.41. The minimum absolute atomic E-state index is 0.187. The lowest BCUT2D eigenvalue weighted by Gasteiger charge is -2.13. The third kappa shape index (κ3) is 4.45. The molecule has 0 fully saturated rings. The first-order valence-corrected chi connectivity index (χ1v) is 4.52. The molecule has 0 spiro atoms. The fraction of sp³-hybridized carbons (Fsp3) is 0.300. The minimum Gasteiger partial charge on any atom is -0.435 e. The Hall–Kier alpha value is -2.04. The van der Waals surface area contributed by atoms with Gasteiger partial charge in [0.2, 0.25) is 0 Å². The molecular formula is C10H6F5NO2. The van der Waals surface area contributed by atoms with E-state index in [1.54, 1.807) is 6.07 Å². The Morgan fingerprint density at radius 3 is 2.44 bits per heavy atom. The fourth-order valence-electron chi connectivity index (χ4n) is 1.18. The molecule has 18 heavy (non-hydrogen) atoms. The van der Waals surface area contributed by atoms with Crippen molar-refractivity contribution in [3.8, 4) is 17.6 Å². The standard InChI is InChI=1S/C10H6F5NO2/c11-9(12)17-7-1-2-8(18-10(13,14)15)6(5-7)3-4-16/h1-2,5,9H,3H2. The summed E-state index contributed by atoms with van der Waals surface area (Å²) in [6.45, 7) is -3.10. The lowest BCUT2D eigenvalue weighted by molar-refractivity contribution is -0.274. The summed E-state index contributed by atoms with van der Waals surface area (Å²) in [4.78, 5) is 0. The second-order valence-corrected chi connectivity index (χ2v) is 3.03. The summed E-state index contributed by atoms with van der Waals surface area (Å²) in [5.74, 6) is -0.963. The van der Waals surface area contributed by atoms with E-state index in [1.807, 2.05) is 0 Å². The van der Waals surface area contributed by atoms with Crippen molar-refractivity contribution < 1.29 is 31.4 Å². The maximum Gasteiger partial charge on any atom is 0.573 e. The molecule has 0 aliphatic carbocycles. The average molecular weight is 267 g/mol. The van der Waals surface area contributed by atoms with Crippen molar-refractivity contribution in [1.29, 1.82) is 5.26 Å². The zero-order chi connectivity index (χ0) is 13.8. The molecule has 0 aliphatic heterocycles. The average Bonchev–Trinajstić information content (AvgIpc) is 2.19. The van der Waals surface area contributed by atoms with Crippen LogP contribution in [0.2, 0.25) is 0 Å². The van der Waals surface area contributed by atoms with Crippen LogP contribution in [-0.2, 0) is 6.42 Å². The van der Waals surface area contributed by atoms with Crippen LogP contribution in [0.1, 0.15) is 5.56 Å². The van der Waals surface area contributed by atoms with Gasteiger partial charge >= 0.3 is 13.0 Å². The van der Waals surface area contributed by atoms with Crippen LogP contribution < -0.4 is 9.47 Å². The third-order valence-corrected chi connectivity index (χ3v) is 1.75. The Kier molecular flexibility index (Phi) is 4.31. The smallest absolute Gasteiger partial charge is 0.435 e. The maximum atomic E-state index is 12.0. The van der Waals surface area contributed by atoms with Gasteiger partial charge in [-0.2, -0.15) is 14.0 Å². The van der Waals surface area contributed by atoms with Crippen LogP contribution in [0, 0.1) is 11.3 Å². The highest BCUT2D eigenvalue weighted by Gasteiger charge is 2.32. The molecule has 1 aromatic rings. The SMILES string of the molecule is N#CCc1cc(OC(F)F)ccc1OC(F)(F)F. The van der Waals surface area contributed by atoms with Gasteiger partial charge < -0.3 is 9.47 Å². The number of hydrogen-bond donors (Lipinski definition) is 0. The van der Waals surface area contributed by atoms with Crippen molar-refractivity contribution in [3.63, 3.8) is 0 Å². The number of nitriles is 1. The Morgan fingerprint density at radius 2 is 1.94 bits per heavy atom. The highest BCUT2D eigenvalue weighted by atomic mass is 19.4. The van der Waals surface area contributed by atoms with E-state index in [4.69, 9.17) is 5.26 Å². The van der Waals surface area contributed by atoms with Crippen LogP contribution in [0.25, 0.3) is 0 Å². The number of ether oxygens (including phenoxy) is 2. The second kappa shape index (κ2) is 5.53. The number of hydrogen-bond acceptors (Lipinski definition) is 3. The van der Waals surface area contributed by atoms with Crippen molar-refractivity contribution in [2.75, 3.05) is 0 Å². The molecule has 0 unspecified atom stereocenters. The van der Waals surface area contributed by atoms with Crippen molar-refractivity contribution in [1.82, 2.24) is 0 Å². The van der Waals surface area contributed by atoms with Gasteiger partial charge in [0.1, 0.15) is 11.5 Å². The molecule has 8 heteroatoms. The Morgan fingerprint density at radius 1 is 1.28 bits per heavy atom. The summed E-state index contributed by atoms with van der Waals surface area (Å²) in [6, 6.07) is 4.21. The van der Waals surface area contributed by atoms with E-state index in [9.17, 15) is 22.0 Å². The molecular weight excluding hydrogens is 261 g/mol. The first-order valence-electron chi connectivity index (χ1n) is 4.52. The van der Waals surface area contributed by atoms with Crippen LogP contribution in [0.5, 0.6) is 11.5 Å². The van der Waals surface area contributed by atoms with Crippen molar-refractivity contribution in [2.45, 2.75) is 19.4 Å². The quantitative estimate of drug-likeness (QED) is 0.786. The second-order valence-electron chi connectivity index (χ2n) is 3.03. The molecule has 98 valence electrons. The summed E-state index contributed by atoms with van der Waals surface area (Å²) in [7, 11) is 0. The van der Waals surface area contributed by atoms with Crippen LogP contribution in [0.15, 0.2) is 18.2 Å². The van der Waals surface area contributed by atoms with Gasteiger partial charge in [-0.3, -0.25) is 0 Å². The third-order valence-electron chi connectivity index (χ3n) is 1.75. The van der Waals surface area contributed by atoms with Gasteiger partial charge in [0.15, 0.2) is 0 Å². The minimum atomic E-state index is -4.92. The van der Waals surface area contributed by atoms with Gasteiger partial charge in [-0.15, -0.1) is 13.2 Å². The molecule has 0 atom stereocenters. The van der Waals surface area contributed by atoms with Gasteiger partial charge in [-0.1, -0.05) is 0 Å². The van der Waals surface area contributed by atoms with E-state index >= 15 is 0 Å². The first-order chi connectivity index (χ1) is 8.31. The summed E-state index contributed by atoms with van der Waals surface area (Å²) in [6.07, 6.45) is -5.35. The molecule has 0 aliphatic rings. The van der Waals surface area contributed by atoms with Crippen molar-refractivity contribution >= 4 is 0 Å². The Bertz CT molecular complexity index is 453. The Balaban J connectivity index is 3.01. The van der Waals surface area contributed by atoms with E-state index in [-0.39, 0.29) is 11.3 Å². The van der Waals surface area contributed by atoms with E-state index < -0.39 is 25.1 Å².